The summed E-state index contributed by atoms with van der Waals surface area (Å²) in [6.45, 7) is 0. The highest BCUT2D eigenvalue weighted by Crippen LogP contribution is 2.26. The van der Waals surface area contributed by atoms with Crippen molar-refractivity contribution in [1.82, 2.24) is 0 Å². The first-order chi connectivity index (χ1) is 11.0. The SMILES string of the molecule is COc1ccc(O)c(C=C(C#N)C(=O)Nc2ccccc2Cl)c1. The van der Waals surface area contributed by atoms with Crippen LogP contribution >= 0.6 is 11.6 Å². The number of methoxy groups -OCH3 is 1. The van der Waals surface area contributed by atoms with Crippen molar-refractivity contribution in [3.05, 3.63) is 58.6 Å². The average molecular weight is 329 g/mol. The van der Waals surface area contributed by atoms with Crippen LogP contribution in [-0.4, -0.2) is 18.1 Å². The second-order valence-electron chi connectivity index (χ2n) is 4.53. The molecule has 0 bridgehead atoms. The summed E-state index contributed by atoms with van der Waals surface area (Å²) in [6.07, 6.45) is 1.28. The summed E-state index contributed by atoms with van der Waals surface area (Å²) >= 11 is 5.97. The molecule has 0 atom stereocenters. The van der Waals surface area contributed by atoms with Crippen molar-refractivity contribution >= 4 is 29.3 Å². The maximum absolute atomic E-state index is 12.2. The first-order valence-electron chi connectivity index (χ1n) is 6.60. The molecule has 0 saturated heterocycles. The van der Waals surface area contributed by atoms with Crippen LogP contribution in [0.2, 0.25) is 5.02 Å². The quantitative estimate of drug-likeness (QED) is 0.663. The topological polar surface area (TPSA) is 82.3 Å². The molecule has 0 aliphatic heterocycles. The van der Waals surface area contributed by atoms with Gasteiger partial charge in [0.2, 0.25) is 0 Å². The summed E-state index contributed by atoms with van der Waals surface area (Å²) in [7, 11) is 1.48. The number of aromatic hydroxyl groups is 1. The molecule has 0 heterocycles. The van der Waals surface area contributed by atoms with E-state index in [-0.39, 0.29) is 11.3 Å². The summed E-state index contributed by atoms with van der Waals surface area (Å²) in [5, 5.41) is 21.9. The highest BCUT2D eigenvalue weighted by molar-refractivity contribution is 6.34. The van der Waals surface area contributed by atoms with Crippen LogP contribution in [0.1, 0.15) is 5.56 Å². The van der Waals surface area contributed by atoms with Gasteiger partial charge in [0.15, 0.2) is 0 Å². The lowest BCUT2D eigenvalue weighted by atomic mass is 10.1. The zero-order valence-electron chi connectivity index (χ0n) is 12.2. The molecule has 0 radical (unpaired) electrons. The Kier molecular flexibility index (Phi) is 5.23. The molecule has 0 unspecified atom stereocenters. The molecule has 6 heteroatoms. The van der Waals surface area contributed by atoms with E-state index in [9.17, 15) is 15.2 Å². The van der Waals surface area contributed by atoms with E-state index in [0.29, 0.717) is 22.0 Å². The number of nitrogens with zero attached hydrogens (tertiary/aromatic N) is 1. The van der Waals surface area contributed by atoms with Gasteiger partial charge < -0.3 is 15.2 Å². The Morgan fingerprint density at radius 3 is 2.74 bits per heavy atom. The molecule has 0 fully saturated rings. The molecular formula is C17H13ClN2O3. The number of nitrogens with one attached hydrogen (secondary N) is 1. The van der Waals surface area contributed by atoms with E-state index in [0.717, 1.165) is 0 Å². The van der Waals surface area contributed by atoms with Gasteiger partial charge in [-0.05, 0) is 36.4 Å². The molecule has 2 aromatic carbocycles. The van der Waals surface area contributed by atoms with Gasteiger partial charge in [0.25, 0.3) is 5.91 Å². The first kappa shape index (κ1) is 16.4. The lowest BCUT2D eigenvalue weighted by Gasteiger charge is -2.07. The predicted molar refractivity (Wildman–Crippen MR) is 88.3 cm³/mol. The number of carbonyl (C=O) groups is 1. The number of ether oxygens (including phenoxy) is 1. The molecule has 0 aliphatic carbocycles. The van der Waals surface area contributed by atoms with Gasteiger partial charge in [-0.3, -0.25) is 4.79 Å². The van der Waals surface area contributed by atoms with Crippen LogP contribution in [0.3, 0.4) is 0 Å². The fraction of sp³-hybridized carbons (Fsp3) is 0.0588. The van der Waals surface area contributed by atoms with Crippen molar-refractivity contribution in [3.8, 4) is 17.6 Å². The largest absolute Gasteiger partial charge is 0.507 e. The summed E-state index contributed by atoms with van der Waals surface area (Å²) in [5.41, 5.74) is 0.527. The molecule has 0 spiro atoms. The number of hydrogen-bond donors (Lipinski definition) is 2. The molecule has 2 N–H and O–H groups in total. The van der Waals surface area contributed by atoms with Gasteiger partial charge in [-0.1, -0.05) is 23.7 Å². The first-order valence-corrected chi connectivity index (χ1v) is 6.97. The van der Waals surface area contributed by atoms with Crippen molar-refractivity contribution < 1.29 is 14.6 Å². The number of phenols is 1. The number of hydrogen-bond acceptors (Lipinski definition) is 4. The predicted octanol–water partition coefficient (Wildman–Crippen LogP) is 3.60. The van der Waals surface area contributed by atoms with Crippen LogP contribution < -0.4 is 10.1 Å². The van der Waals surface area contributed by atoms with E-state index >= 15 is 0 Å². The molecular weight excluding hydrogens is 316 g/mol. The van der Waals surface area contributed by atoms with E-state index in [4.69, 9.17) is 16.3 Å². The van der Waals surface area contributed by atoms with Gasteiger partial charge in [-0.15, -0.1) is 0 Å². The lowest BCUT2D eigenvalue weighted by molar-refractivity contribution is -0.112. The van der Waals surface area contributed by atoms with Gasteiger partial charge >= 0.3 is 0 Å². The normalized spacial score (nSPS) is 10.7. The van der Waals surface area contributed by atoms with Crippen LogP contribution in [-0.2, 0) is 4.79 Å². The molecule has 5 nitrogen and oxygen atoms in total. The number of carbonyl (C=O) groups excluding carboxylic acids is 1. The molecule has 2 aromatic rings. The maximum atomic E-state index is 12.2. The van der Waals surface area contributed by atoms with Crippen LogP contribution in [0, 0.1) is 11.3 Å². The van der Waals surface area contributed by atoms with Crippen LogP contribution in [0.15, 0.2) is 48.0 Å². The number of rotatable bonds is 4. The minimum absolute atomic E-state index is 0.0657. The van der Waals surface area contributed by atoms with Gasteiger partial charge in [-0.25, -0.2) is 0 Å². The second-order valence-corrected chi connectivity index (χ2v) is 4.94. The third-order valence-electron chi connectivity index (χ3n) is 3.02. The van der Waals surface area contributed by atoms with E-state index in [1.165, 1.54) is 25.3 Å². The van der Waals surface area contributed by atoms with Crippen LogP contribution in [0.4, 0.5) is 5.69 Å². The summed E-state index contributed by atoms with van der Waals surface area (Å²) in [6, 6.07) is 13.0. The van der Waals surface area contributed by atoms with E-state index in [1.807, 2.05) is 6.07 Å². The fourth-order valence-electron chi connectivity index (χ4n) is 1.83. The van der Waals surface area contributed by atoms with Crippen molar-refractivity contribution in [2.45, 2.75) is 0 Å². The number of phenolic OH excluding ortho intramolecular Hbond substituents is 1. The van der Waals surface area contributed by atoms with Crippen molar-refractivity contribution in [3.63, 3.8) is 0 Å². The number of anilines is 1. The van der Waals surface area contributed by atoms with Crippen molar-refractivity contribution in [2.75, 3.05) is 12.4 Å². The number of halogens is 1. The third-order valence-corrected chi connectivity index (χ3v) is 3.35. The number of para-hydroxylation sites is 1. The van der Waals surface area contributed by atoms with E-state index in [1.54, 1.807) is 30.3 Å². The third kappa shape index (κ3) is 4.02. The summed E-state index contributed by atoms with van der Waals surface area (Å²) < 4.78 is 5.06. The highest BCUT2D eigenvalue weighted by atomic mass is 35.5. The van der Waals surface area contributed by atoms with Crippen molar-refractivity contribution in [1.29, 1.82) is 5.26 Å². The van der Waals surface area contributed by atoms with Crippen LogP contribution in [0.5, 0.6) is 11.5 Å². The Hall–Kier alpha value is -2.97. The van der Waals surface area contributed by atoms with Crippen molar-refractivity contribution in [2.24, 2.45) is 0 Å². The number of benzene rings is 2. The Morgan fingerprint density at radius 1 is 1.35 bits per heavy atom. The zero-order valence-corrected chi connectivity index (χ0v) is 13.0. The Morgan fingerprint density at radius 2 is 2.09 bits per heavy atom. The minimum Gasteiger partial charge on any atom is -0.507 e. The monoisotopic (exact) mass is 328 g/mol. The Balaban J connectivity index is 2.31. The summed E-state index contributed by atoms with van der Waals surface area (Å²) in [4.78, 5) is 12.2. The van der Waals surface area contributed by atoms with Crippen LogP contribution in [0.25, 0.3) is 6.08 Å². The van der Waals surface area contributed by atoms with E-state index < -0.39 is 5.91 Å². The number of amides is 1. The molecule has 0 aliphatic rings. The maximum Gasteiger partial charge on any atom is 0.266 e. The molecule has 1 amide bonds. The lowest BCUT2D eigenvalue weighted by Crippen LogP contribution is -2.13. The van der Waals surface area contributed by atoms with Gasteiger partial charge in [0.05, 0.1) is 17.8 Å². The van der Waals surface area contributed by atoms with Gasteiger partial charge in [0, 0.05) is 5.56 Å². The molecule has 0 aromatic heterocycles. The molecule has 2 rings (SSSR count). The van der Waals surface area contributed by atoms with E-state index in [2.05, 4.69) is 5.32 Å². The van der Waals surface area contributed by atoms with Gasteiger partial charge in [0.1, 0.15) is 23.1 Å². The zero-order chi connectivity index (χ0) is 16.8. The minimum atomic E-state index is -0.622. The van der Waals surface area contributed by atoms with Gasteiger partial charge in [-0.2, -0.15) is 5.26 Å². The summed E-state index contributed by atoms with van der Waals surface area (Å²) in [5.74, 6) is -0.190. The number of nitriles is 1. The molecule has 0 saturated carbocycles. The smallest absolute Gasteiger partial charge is 0.266 e. The fourth-order valence-corrected chi connectivity index (χ4v) is 2.01. The molecule has 23 heavy (non-hydrogen) atoms. The second kappa shape index (κ2) is 7.34. The standard InChI is InChI=1S/C17H13ClN2O3/c1-23-13-6-7-16(21)11(9-13)8-12(10-19)17(22)20-15-5-3-2-4-14(15)18/h2-9,21H,1H3,(H,20,22). The highest BCUT2D eigenvalue weighted by Gasteiger charge is 2.12. The Bertz CT molecular complexity index is 810. The average Bonchev–Trinajstić information content (AvgIpc) is 2.56. The Labute approximate surface area is 138 Å². The molecule has 116 valence electrons.